The Morgan fingerprint density at radius 3 is 3.24 bits per heavy atom. The number of nitrogens with zero attached hydrogens (tertiary/aromatic N) is 3. The molecule has 0 aliphatic carbocycles. The molecular formula is C12H8N4O. The minimum atomic E-state index is -0.113. The number of benzene rings is 1. The molecule has 1 aliphatic heterocycles. The fourth-order valence-electron chi connectivity index (χ4n) is 2.37. The second-order valence-electron chi connectivity index (χ2n) is 4.04. The molecule has 0 spiro atoms. The summed E-state index contributed by atoms with van der Waals surface area (Å²) in [6.07, 6.45) is 3.45. The van der Waals surface area contributed by atoms with Crippen molar-refractivity contribution in [1.82, 2.24) is 14.5 Å². The van der Waals surface area contributed by atoms with Crippen molar-refractivity contribution in [3.05, 3.63) is 34.9 Å². The largest absolute Gasteiger partial charge is 0.326 e. The second-order valence-corrected chi connectivity index (χ2v) is 4.04. The van der Waals surface area contributed by atoms with Crippen molar-refractivity contribution in [2.24, 2.45) is 4.99 Å². The van der Waals surface area contributed by atoms with Crippen LogP contribution >= 0.6 is 0 Å². The highest BCUT2D eigenvalue weighted by atomic mass is 16.1. The summed E-state index contributed by atoms with van der Waals surface area (Å²) < 4.78 is 1.69. The standard InChI is InChI=1S/C12H8N4O/c17-12-15-9-6-14-8-3-1-2-7-10(8)11(9)16(12)5-4-13-7/h1-4,6H,5H2,(H,15,17). The van der Waals surface area contributed by atoms with Crippen LogP contribution in [0.25, 0.3) is 21.9 Å². The summed E-state index contributed by atoms with van der Waals surface area (Å²) in [5, 5.41) is 0.942. The molecule has 1 N–H and O–H groups in total. The minimum Gasteiger partial charge on any atom is -0.304 e. The number of aliphatic imine (C=N–C) groups is 1. The van der Waals surface area contributed by atoms with E-state index in [0.717, 1.165) is 27.6 Å². The van der Waals surface area contributed by atoms with Crippen LogP contribution in [0, 0.1) is 0 Å². The van der Waals surface area contributed by atoms with Gasteiger partial charge in [-0.3, -0.25) is 14.5 Å². The van der Waals surface area contributed by atoms with Gasteiger partial charge in [0.1, 0.15) is 0 Å². The first kappa shape index (κ1) is 8.69. The molecule has 4 rings (SSSR count). The molecule has 0 atom stereocenters. The molecule has 0 radical (unpaired) electrons. The van der Waals surface area contributed by atoms with Crippen LogP contribution in [-0.2, 0) is 6.54 Å². The van der Waals surface area contributed by atoms with Crippen molar-refractivity contribution in [2.75, 3.05) is 0 Å². The lowest BCUT2D eigenvalue weighted by molar-refractivity contribution is 0.850. The highest BCUT2D eigenvalue weighted by Gasteiger charge is 2.14. The summed E-state index contributed by atoms with van der Waals surface area (Å²) in [6.45, 7) is 0.493. The van der Waals surface area contributed by atoms with Crippen molar-refractivity contribution in [2.45, 2.75) is 6.54 Å². The third-order valence-corrected chi connectivity index (χ3v) is 3.10. The molecular weight excluding hydrogens is 216 g/mol. The third-order valence-electron chi connectivity index (χ3n) is 3.10. The van der Waals surface area contributed by atoms with E-state index in [2.05, 4.69) is 15.0 Å². The van der Waals surface area contributed by atoms with Gasteiger partial charge in [-0.25, -0.2) is 4.79 Å². The van der Waals surface area contributed by atoms with Crippen LogP contribution in [0.1, 0.15) is 0 Å². The second kappa shape index (κ2) is 2.82. The zero-order valence-corrected chi connectivity index (χ0v) is 8.84. The molecule has 1 aliphatic rings. The summed E-state index contributed by atoms with van der Waals surface area (Å²) in [7, 11) is 0. The number of rotatable bonds is 0. The Bertz CT molecular complexity index is 841. The normalized spacial score (nSPS) is 13.6. The van der Waals surface area contributed by atoms with Crippen molar-refractivity contribution in [3.63, 3.8) is 0 Å². The van der Waals surface area contributed by atoms with Crippen LogP contribution in [0.4, 0.5) is 5.69 Å². The Labute approximate surface area is 95.4 Å². The van der Waals surface area contributed by atoms with E-state index in [4.69, 9.17) is 0 Å². The summed E-state index contributed by atoms with van der Waals surface area (Å²) in [5.74, 6) is 0. The predicted molar refractivity (Wildman–Crippen MR) is 66.0 cm³/mol. The highest BCUT2D eigenvalue weighted by Crippen LogP contribution is 2.31. The lowest BCUT2D eigenvalue weighted by atomic mass is 10.1. The SMILES string of the molecule is O=c1[nH]c2cnc3cccc4c3c2n1CC=N4. The number of aromatic amines is 1. The number of hydrogen-bond acceptors (Lipinski definition) is 3. The Balaban J connectivity index is 2.44. The topological polar surface area (TPSA) is 63.0 Å². The number of nitrogens with one attached hydrogen (secondary N) is 1. The van der Waals surface area contributed by atoms with Gasteiger partial charge >= 0.3 is 5.69 Å². The van der Waals surface area contributed by atoms with Gasteiger partial charge in [-0.2, -0.15) is 0 Å². The summed E-state index contributed by atoms with van der Waals surface area (Å²) in [4.78, 5) is 23.3. The Hall–Kier alpha value is -2.43. The lowest BCUT2D eigenvalue weighted by Gasteiger charge is -2.02. The molecule has 17 heavy (non-hydrogen) atoms. The zero-order chi connectivity index (χ0) is 11.4. The molecule has 0 amide bonds. The Morgan fingerprint density at radius 1 is 1.35 bits per heavy atom. The molecule has 0 saturated carbocycles. The number of pyridine rings is 1. The van der Waals surface area contributed by atoms with E-state index in [-0.39, 0.29) is 5.69 Å². The van der Waals surface area contributed by atoms with E-state index in [0.29, 0.717) is 6.54 Å². The zero-order valence-electron chi connectivity index (χ0n) is 8.84. The third kappa shape index (κ3) is 1.00. The monoisotopic (exact) mass is 224 g/mol. The van der Waals surface area contributed by atoms with Gasteiger partial charge in [-0.1, -0.05) is 6.07 Å². The van der Waals surface area contributed by atoms with Gasteiger partial charge < -0.3 is 4.98 Å². The van der Waals surface area contributed by atoms with Crippen LogP contribution < -0.4 is 5.69 Å². The first-order chi connectivity index (χ1) is 8.34. The van der Waals surface area contributed by atoms with Crippen LogP contribution in [0.5, 0.6) is 0 Å². The molecule has 0 unspecified atom stereocenters. The maximum absolute atomic E-state index is 11.8. The van der Waals surface area contributed by atoms with Crippen LogP contribution in [0.2, 0.25) is 0 Å². The van der Waals surface area contributed by atoms with Gasteiger partial charge in [-0.15, -0.1) is 0 Å². The number of aromatic nitrogens is 3. The van der Waals surface area contributed by atoms with Crippen molar-refractivity contribution < 1.29 is 0 Å². The molecule has 0 fully saturated rings. The lowest BCUT2D eigenvalue weighted by Crippen LogP contribution is -2.16. The first-order valence-corrected chi connectivity index (χ1v) is 5.37. The van der Waals surface area contributed by atoms with Crippen molar-refractivity contribution in [1.29, 1.82) is 0 Å². The van der Waals surface area contributed by atoms with Gasteiger partial charge in [-0.05, 0) is 12.1 Å². The maximum Gasteiger partial charge on any atom is 0.326 e. The molecule has 1 aromatic carbocycles. The quantitative estimate of drug-likeness (QED) is 0.630. The van der Waals surface area contributed by atoms with E-state index in [9.17, 15) is 4.79 Å². The van der Waals surface area contributed by atoms with Gasteiger partial charge in [0, 0.05) is 6.21 Å². The number of imidazole rings is 1. The van der Waals surface area contributed by atoms with Crippen LogP contribution in [0.3, 0.4) is 0 Å². The van der Waals surface area contributed by atoms with Crippen molar-refractivity contribution >= 4 is 33.8 Å². The van der Waals surface area contributed by atoms with Crippen LogP contribution in [-0.4, -0.2) is 20.7 Å². The maximum atomic E-state index is 11.8. The highest BCUT2D eigenvalue weighted by molar-refractivity contribution is 6.09. The molecule has 0 saturated heterocycles. The predicted octanol–water partition coefficient (Wildman–Crippen LogP) is 1.59. The molecule has 2 aromatic heterocycles. The summed E-state index contributed by atoms with van der Waals surface area (Å²) >= 11 is 0. The summed E-state index contributed by atoms with van der Waals surface area (Å²) in [5.41, 5.74) is 3.28. The average Bonchev–Trinajstić information content (AvgIpc) is 2.55. The van der Waals surface area contributed by atoms with Gasteiger partial charge in [0.15, 0.2) is 0 Å². The number of H-pyrrole nitrogens is 1. The van der Waals surface area contributed by atoms with E-state index in [1.165, 1.54) is 0 Å². The van der Waals surface area contributed by atoms with Gasteiger partial charge in [0.05, 0.1) is 40.4 Å². The fourth-order valence-corrected chi connectivity index (χ4v) is 2.37. The molecule has 82 valence electrons. The van der Waals surface area contributed by atoms with E-state index >= 15 is 0 Å². The first-order valence-electron chi connectivity index (χ1n) is 5.37. The van der Waals surface area contributed by atoms with E-state index in [1.54, 1.807) is 17.0 Å². The smallest absolute Gasteiger partial charge is 0.304 e. The molecule has 5 nitrogen and oxygen atoms in total. The van der Waals surface area contributed by atoms with E-state index in [1.807, 2.05) is 18.2 Å². The molecule has 3 heterocycles. The summed E-state index contributed by atoms with van der Waals surface area (Å²) in [6, 6.07) is 5.79. The Morgan fingerprint density at radius 2 is 2.29 bits per heavy atom. The molecule has 5 heteroatoms. The molecule has 3 aromatic rings. The fraction of sp³-hybridized carbons (Fsp3) is 0.0833. The molecule has 0 bridgehead atoms. The minimum absolute atomic E-state index is 0.113. The number of hydrogen-bond donors (Lipinski definition) is 1. The average molecular weight is 224 g/mol. The van der Waals surface area contributed by atoms with E-state index < -0.39 is 0 Å². The van der Waals surface area contributed by atoms with Gasteiger partial charge in [0.25, 0.3) is 0 Å². The van der Waals surface area contributed by atoms with Crippen LogP contribution in [0.15, 0.2) is 34.2 Å². The van der Waals surface area contributed by atoms with Crippen molar-refractivity contribution in [3.8, 4) is 0 Å². The van der Waals surface area contributed by atoms with Gasteiger partial charge in [0.2, 0.25) is 0 Å². The Kier molecular flexibility index (Phi) is 1.44.